The lowest BCUT2D eigenvalue weighted by Gasteiger charge is -2.19. The van der Waals surface area contributed by atoms with Crippen molar-refractivity contribution >= 4 is 11.6 Å². The average Bonchev–Trinajstić information content (AvgIpc) is 2.61. The van der Waals surface area contributed by atoms with Gasteiger partial charge in [-0.1, -0.05) is 13.8 Å². The number of carbonyl (C=O) groups is 1. The molecule has 92 valence electrons. The molecule has 1 aromatic heterocycles. The maximum Gasteiger partial charge on any atom is 0.272 e. The van der Waals surface area contributed by atoms with Crippen LogP contribution in [0.2, 0.25) is 0 Å². The third kappa shape index (κ3) is 2.40. The van der Waals surface area contributed by atoms with Crippen LogP contribution in [0.4, 0.5) is 5.69 Å². The molecule has 0 bridgehead atoms. The van der Waals surface area contributed by atoms with Crippen LogP contribution >= 0.6 is 0 Å². The second kappa shape index (κ2) is 4.73. The average molecular weight is 233 g/mol. The Morgan fingerprint density at radius 2 is 2.24 bits per heavy atom. The summed E-state index contributed by atoms with van der Waals surface area (Å²) < 4.78 is 0. The van der Waals surface area contributed by atoms with E-state index in [0.29, 0.717) is 23.2 Å². The molecule has 3 N–H and O–H groups in total. The lowest BCUT2D eigenvalue weighted by Crippen LogP contribution is -2.38. The molecule has 0 saturated heterocycles. The van der Waals surface area contributed by atoms with Crippen molar-refractivity contribution in [2.75, 3.05) is 5.73 Å². The molecular weight excluding hydrogens is 214 g/mol. The predicted molar refractivity (Wildman–Crippen MR) is 67.5 cm³/mol. The summed E-state index contributed by atoms with van der Waals surface area (Å²) in [5.74, 6) is 1.03. The van der Waals surface area contributed by atoms with Gasteiger partial charge < -0.3 is 11.1 Å². The Morgan fingerprint density at radius 3 is 2.82 bits per heavy atom. The maximum absolute atomic E-state index is 12.0. The number of nitrogen functional groups attached to an aromatic ring is 1. The van der Waals surface area contributed by atoms with Crippen molar-refractivity contribution in [3.05, 3.63) is 24.0 Å². The van der Waals surface area contributed by atoms with Crippen LogP contribution in [0, 0.1) is 11.8 Å². The summed E-state index contributed by atoms with van der Waals surface area (Å²) >= 11 is 0. The Morgan fingerprint density at radius 1 is 1.47 bits per heavy atom. The number of nitrogens with zero attached hydrogens (tertiary/aromatic N) is 1. The minimum atomic E-state index is -0.158. The Kier molecular flexibility index (Phi) is 3.31. The van der Waals surface area contributed by atoms with E-state index in [0.717, 1.165) is 6.42 Å². The highest BCUT2D eigenvalue weighted by molar-refractivity contribution is 5.97. The smallest absolute Gasteiger partial charge is 0.272 e. The van der Waals surface area contributed by atoms with E-state index in [4.69, 9.17) is 5.73 Å². The van der Waals surface area contributed by atoms with E-state index in [9.17, 15) is 4.79 Å². The number of nitrogens with two attached hydrogens (primary N) is 1. The quantitative estimate of drug-likeness (QED) is 0.818. The van der Waals surface area contributed by atoms with Gasteiger partial charge in [-0.15, -0.1) is 0 Å². The number of amides is 1. The molecule has 2 rings (SSSR count). The fourth-order valence-corrected chi connectivity index (χ4v) is 2.41. The van der Waals surface area contributed by atoms with E-state index < -0.39 is 0 Å². The molecule has 4 heteroatoms. The van der Waals surface area contributed by atoms with Crippen molar-refractivity contribution in [3.63, 3.8) is 0 Å². The van der Waals surface area contributed by atoms with Crippen LogP contribution in [0.5, 0.6) is 0 Å². The third-order valence-electron chi connectivity index (χ3n) is 3.84. The van der Waals surface area contributed by atoms with Crippen LogP contribution < -0.4 is 11.1 Å². The number of hydrogen-bond donors (Lipinski definition) is 2. The molecule has 1 amide bonds. The summed E-state index contributed by atoms with van der Waals surface area (Å²) in [6.45, 7) is 4.41. The first kappa shape index (κ1) is 11.9. The summed E-state index contributed by atoms with van der Waals surface area (Å²) in [7, 11) is 0. The zero-order chi connectivity index (χ0) is 12.4. The van der Waals surface area contributed by atoms with Crippen molar-refractivity contribution in [2.24, 2.45) is 11.8 Å². The summed E-state index contributed by atoms with van der Waals surface area (Å²) in [5, 5.41) is 3.03. The number of nitrogens with one attached hydrogen (secondary N) is 1. The molecule has 17 heavy (non-hydrogen) atoms. The van der Waals surface area contributed by atoms with Gasteiger partial charge in [-0.2, -0.15) is 0 Å². The first-order chi connectivity index (χ1) is 8.09. The molecule has 0 spiro atoms. The zero-order valence-corrected chi connectivity index (χ0v) is 10.3. The molecule has 0 aromatic carbocycles. The lowest BCUT2D eigenvalue weighted by molar-refractivity contribution is 0.0923. The van der Waals surface area contributed by atoms with Gasteiger partial charge in [-0.05, 0) is 36.8 Å². The standard InChI is InChI=1S/C13H19N3O/c1-8-5-6-11(9(8)2)16-13(17)12-10(14)4-3-7-15-12/h3-4,7-9,11H,5-6,14H2,1-2H3,(H,16,17). The summed E-state index contributed by atoms with van der Waals surface area (Å²) in [6, 6.07) is 3.67. The summed E-state index contributed by atoms with van der Waals surface area (Å²) in [5.41, 5.74) is 6.50. The Labute approximate surface area is 102 Å². The molecular formula is C13H19N3O. The second-order valence-electron chi connectivity index (χ2n) is 4.93. The van der Waals surface area contributed by atoms with Gasteiger partial charge in [0.25, 0.3) is 5.91 Å². The SMILES string of the molecule is CC1CCC(NC(=O)c2ncccc2N)C1C. The van der Waals surface area contributed by atoms with E-state index in [2.05, 4.69) is 24.1 Å². The number of pyridine rings is 1. The van der Waals surface area contributed by atoms with Crippen LogP contribution in [0.1, 0.15) is 37.2 Å². The van der Waals surface area contributed by atoms with Crippen molar-refractivity contribution in [1.82, 2.24) is 10.3 Å². The first-order valence-corrected chi connectivity index (χ1v) is 6.11. The van der Waals surface area contributed by atoms with E-state index in [1.54, 1.807) is 18.3 Å². The van der Waals surface area contributed by atoms with Gasteiger partial charge in [0.05, 0.1) is 5.69 Å². The van der Waals surface area contributed by atoms with Crippen LogP contribution in [-0.4, -0.2) is 16.9 Å². The highest BCUT2D eigenvalue weighted by Crippen LogP contribution is 2.31. The molecule has 0 aliphatic heterocycles. The molecule has 1 saturated carbocycles. The Balaban J connectivity index is 2.05. The van der Waals surface area contributed by atoms with Crippen LogP contribution in [0.25, 0.3) is 0 Å². The molecule has 1 aliphatic carbocycles. The summed E-state index contributed by atoms with van der Waals surface area (Å²) in [6.07, 6.45) is 3.80. The summed E-state index contributed by atoms with van der Waals surface area (Å²) in [4.78, 5) is 16.0. The molecule has 1 fully saturated rings. The molecule has 1 aromatic rings. The van der Waals surface area contributed by atoms with Crippen molar-refractivity contribution in [3.8, 4) is 0 Å². The van der Waals surface area contributed by atoms with E-state index >= 15 is 0 Å². The minimum absolute atomic E-state index is 0.158. The maximum atomic E-state index is 12.0. The highest BCUT2D eigenvalue weighted by Gasteiger charge is 2.31. The lowest BCUT2D eigenvalue weighted by atomic mass is 9.98. The second-order valence-corrected chi connectivity index (χ2v) is 4.93. The van der Waals surface area contributed by atoms with Gasteiger partial charge in [0.2, 0.25) is 0 Å². The molecule has 1 aliphatic rings. The largest absolute Gasteiger partial charge is 0.397 e. The van der Waals surface area contributed by atoms with E-state index in [-0.39, 0.29) is 11.9 Å². The van der Waals surface area contributed by atoms with Gasteiger partial charge in [-0.3, -0.25) is 4.79 Å². The van der Waals surface area contributed by atoms with Crippen molar-refractivity contribution < 1.29 is 4.79 Å². The molecule has 0 radical (unpaired) electrons. The van der Waals surface area contributed by atoms with E-state index in [1.807, 2.05) is 0 Å². The topological polar surface area (TPSA) is 68.0 Å². The number of carbonyl (C=O) groups excluding carboxylic acids is 1. The Bertz CT molecular complexity index is 419. The molecule has 3 unspecified atom stereocenters. The third-order valence-corrected chi connectivity index (χ3v) is 3.84. The first-order valence-electron chi connectivity index (χ1n) is 6.11. The zero-order valence-electron chi connectivity index (χ0n) is 10.3. The number of hydrogen-bond acceptors (Lipinski definition) is 3. The van der Waals surface area contributed by atoms with Crippen LogP contribution in [-0.2, 0) is 0 Å². The van der Waals surface area contributed by atoms with Crippen molar-refractivity contribution in [1.29, 1.82) is 0 Å². The molecule has 1 heterocycles. The number of aromatic nitrogens is 1. The predicted octanol–water partition coefficient (Wildman–Crippen LogP) is 1.83. The highest BCUT2D eigenvalue weighted by atomic mass is 16.2. The van der Waals surface area contributed by atoms with Gasteiger partial charge in [0, 0.05) is 12.2 Å². The van der Waals surface area contributed by atoms with E-state index in [1.165, 1.54) is 6.42 Å². The number of anilines is 1. The fourth-order valence-electron chi connectivity index (χ4n) is 2.41. The minimum Gasteiger partial charge on any atom is -0.397 e. The van der Waals surface area contributed by atoms with Gasteiger partial charge in [0.15, 0.2) is 5.69 Å². The van der Waals surface area contributed by atoms with Crippen molar-refractivity contribution in [2.45, 2.75) is 32.7 Å². The normalized spacial score (nSPS) is 28.0. The van der Waals surface area contributed by atoms with Crippen LogP contribution in [0.15, 0.2) is 18.3 Å². The Hall–Kier alpha value is -1.58. The van der Waals surface area contributed by atoms with Crippen LogP contribution in [0.3, 0.4) is 0 Å². The number of rotatable bonds is 2. The molecule has 3 atom stereocenters. The molecule has 4 nitrogen and oxygen atoms in total. The monoisotopic (exact) mass is 233 g/mol. The van der Waals surface area contributed by atoms with Gasteiger partial charge in [-0.25, -0.2) is 4.98 Å². The van der Waals surface area contributed by atoms with Gasteiger partial charge >= 0.3 is 0 Å². The fraction of sp³-hybridized carbons (Fsp3) is 0.538. The van der Waals surface area contributed by atoms with Gasteiger partial charge in [0.1, 0.15) is 0 Å².